The van der Waals surface area contributed by atoms with Crippen molar-refractivity contribution in [2.24, 2.45) is 4.99 Å². The zero-order valence-electron chi connectivity index (χ0n) is 16.1. The summed E-state index contributed by atoms with van der Waals surface area (Å²) < 4.78 is 5.66. The number of aliphatic imine (C=N–C) groups is 1. The summed E-state index contributed by atoms with van der Waals surface area (Å²) in [6.45, 7) is 4.68. The van der Waals surface area contributed by atoms with Crippen LogP contribution in [0.1, 0.15) is 11.4 Å². The lowest BCUT2D eigenvalue weighted by Crippen LogP contribution is -2.49. The molecule has 0 aliphatic carbocycles. The highest BCUT2D eigenvalue weighted by Gasteiger charge is 2.28. The first-order valence-electron chi connectivity index (χ1n) is 9.62. The van der Waals surface area contributed by atoms with Gasteiger partial charge < -0.3 is 15.0 Å². The highest BCUT2D eigenvalue weighted by molar-refractivity contribution is 7.15. The van der Waals surface area contributed by atoms with E-state index in [9.17, 15) is 0 Å². The zero-order valence-corrected chi connectivity index (χ0v) is 16.9. The summed E-state index contributed by atoms with van der Waals surface area (Å²) in [6, 6.07) is 8.16. The van der Waals surface area contributed by atoms with E-state index >= 15 is 0 Å². The summed E-state index contributed by atoms with van der Waals surface area (Å²) in [4.78, 5) is 9.85. The highest BCUT2D eigenvalue weighted by Crippen LogP contribution is 2.42. The molecule has 9 nitrogen and oxygen atoms in total. The van der Waals surface area contributed by atoms with E-state index in [0.29, 0.717) is 0 Å². The van der Waals surface area contributed by atoms with Gasteiger partial charge in [0.15, 0.2) is 5.82 Å². The van der Waals surface area contributed by atoms with Crippen LogP contribution in [0.25, 0.3) is 0 Å². The molecule has 2 aliphatic rings. The van der Waals surface area contributed by atoms with Crippen LogP contribution in [0.2, 0.25) is 0 Å². The Hall–Kier alpha value is -2.98. The van der Waals surface area contributed by atoms with Gasteiger partial charge in [-0.25, -0.2) is 4.99 Å². The van der Waals surface area contributed by atoms with Crippen LogP contribution in [-0.2, 0) is 6.42 Å². The van der Waals surface area contributed by atoms with E-state index in [4.69, 9.17) is 9.73 Å². The van der Waals surface area contributed by atoms with Crippen LogP contribution in [0.5, 0.6) is 5.75 Å². The first-order chi connectivity index (χ1) is 14.3. The van der Waals surface area contributed by atoms with Crippen LogP contribution < -0.4 is 10.1 Å². The summed E-state index contributed by atoms with van der Waals surface area (Å²) in [6.07, 6.45) is 0.803. The molecule has 2 aliphatic heterocycles. The third-order valence-corrected chi connectivity index (χ3v) is 6.17. The number of aromatic amines is 1. The molecule has 3 aromatic rings. The maximum atomic E-state index is 5.66. The maximum absolute atomic E-state index is 5.66. The number of piperazine rings is 1. The number of nitrogens with one attached hydrogen (secondary N) is 2. The molecule has 1 fully saturated rings. The maximum Gasteiger partial charge on any atom is 0.175 e. The lowest BCUT2D eigenvalue weighted by atomic mass is 10.2. The van der Waals surface area contributed by atoms with Gasteiger partial charge in [0.25, 0.3) is 0 Å². The summed E-state index contributed by atoms with van der Waals surface area (Å²) in [5, 5.41) is 20.9. The fraction of sp³-hybridized carbons (Fsp3) is 0.368. The minimum Gasteiger partial charge on any atom is -0.495 e. The monoisotopic (exact) mass is 410 g/mol. The van der Waals surface area contributed by atoms with Crippen LogP contribution in [0.15, 0.2) is 34.6 Å². The first kappa shape index (κ1) is 18.1. The number of rotatable bonds is 4. The first-order valence-corrected chi connectivity index (χ1v) is 10.5. The predicted molar refractivity (Wildman–Crippen MR) is 113 cm³/mol. The van der Waals surface area contributed by atoms with E-state index in [1.807, 2.05) is 23.6 Å². The van der Waals surface area contributed by atoms with E-state index in [0.717, 1.165) is 78.5 Å². The van der Waals surface area contributed by atoms with Gasteiger partial charge in [-0.1, -0.05) is 17.3 Å². The van der Waals surface area contributed by atoms with E-state index < -0.39 is 0 Å². The van der Waals surface area contributed by atoms with Crippen molar-refractivity contribution >= 4 is 33.5 Å². The Bertz CT molecular complexity index is 1010. The van der Waals surface area contributed by atoms with Crippen molar-refractivity contribution in [3.05, 3.63) is 41.0 Å². The topological polar surface area (TPSA) is 94.6 Å². The minimum atomic E-state index is 0.760. The number of nitrogens with zero attached hydrogens (tertiary/aromatic N) is 6. The fourth-order valence-corrected chi connectivity index (χ4v) is 4.64. The van der Waals surface area contributed by atoms with Gasteiger partial charge in [-0.2, -0.15) is 5.21 Å². The molecule has 10 heteroatoms. The van der Waals surface area contributed by atoms with Crippen molar-refractivity contribution in [1.29, 1.82) is 0 Å². The Morgan fingerprint density at radius 1 is 1.17 bits per heavy atom. The molecule has 5 rings (SSSR count). The number of fused-ring (bicyclic) bond motifs is 2. The van der Waals surface area contributed by atoms with E-state index in [2.05, 4.69) is 41.8 Å². The number of hydrogen-bond donors (Lipinski definition) is 2. The predicted octanol–water partition coefficient (Wildman–Crippen LogP) is 2.27. The van der Waals surface area contributed by atoms with Crippen molar-refractivity contribution in [2.45, 2.75) is 6.42 Å². The Morgan fingerprint density at radius 2 is 2.03 bits per heavy atom. The number of thiophene rings is 1. The van der Waals surface area contributed by atoms with Gasteiger partial charge in [0, 0.05) is 44.5 Å². The van der Waals surface area contributed by atoms with Crippen molar-refractivity contribution in [1.82, 2.24) is 30.4 Å². The van der Waals surface area contributed by atoms with Crippen LogP contribution in [0, 0.1) is 0 Å². The normalized spacial score (nSPS) is 16.4. The Morgan fingerprint density at radius 3 is 2.83 bits per heavy atom. The molecule has 0 saturated carbocycles. The molecule has 0 radical (unpaired) electrons. The summed E-state index contributed by atoms with van der Waals surface area (Å²) in [5.74, 6) is 2.60. The van der Waals surface area contributed by atoms with E-state index in [-0.39, 0.29) is 0 Å². The van der Waals surface area contributed by atoms with Gasteiger partial charge in [-0.05, 0) is 12.1 Å². The number of benzene rings is 1. The van der Waals surface area contributed by atoms with Gasteiger partial charge in [0.05, 0.1) is 24.0 Å². The molecule has 1 aromatic carbocycles. The molecule has 150 valence electrons. The minimum absolute atomic E-state index is 0.760. The Balaban J connectivity index is 1.37. The number of aromatic nitrogens is 4. The number of tetrazole rings is 1. The fourth-order valence-electron chi connectivity index (χ4n) is 3.72. The smallest absolute Gasteiger partial charge is 0.175 e. The number of methoxy groups -OCH3 is 1. The molecule has 0 spiro atoms. The molecular formula is C19H22N8OS. The second-order valence-electron chi connectivity index (χ2n) is 6.99. The van der Waals surface area contributed by atoms with E-state index in [1.165, 1.54) is 0 Å². The number of anilines is 2. The van der Waals surface area contributed by atoms with Crippen molar-refractivity contribution < 1.29 is 4.74 Å². The molecule has 0 atom stereocenters. The van der Waals surface area contributed by atoms with Crippen LogP contribution in [0.3, 0.4) is 0 Å². The van der Waals surface area contributed by atoms with Crippen LogP contribution in [0.4, 0.5) is 16.4 Å². The molecule has 29 heavy (non-hydrogen) atoms. The third kappa shape index (κ3) is 3.56. The van der Waals surface area contributed by atoms with Gasteiger partial charge in [0.2, 0.25) is 0 Å². The molecule has 0 amide bonds. The van der Waals surface area contributed by atoms with Crippen molar-refractivity contribution in [2.75, 3.05) is 45.2 Å². The van der Waals surface area contributed by atoms with Crippen molar-refractivity contribution in [3.63, 3.8) is 0 Å². The highest BCUT2D eigenvalue weighted by atomic mass is 32.1. The number of H-pyrrole nitrogens is 1. The average molecular weight is 411 g/mol. The lowest BCUT2D eigenvalue weighted by Gasteiger charge is -2.36. The zero-order chi connectivity index (χ0) is 19.6. The van der Waals surface area contributed by atoms with E-state index in [1.54, 1.807) is 18.4 Å². The number of para-hydroxylation sites is 2. The summed E-state index contributed by atoms with van der Waals surface area (Å²) in [7, 11) is 1.72. The molecule has 0 bridgehead atoms. The molecule has 0 unspecified atom stereocenters. The second-order valence-corrected chi connectivity index (χ2v) is 7.87. The molecule has 1 saturated heterocycles. The molecule has 2 aromatic heterocycles. The molecule has 2 N–H and O–H groups in total. The average Bonchev–Trinajstić information content (AvgIpc) is 3.39. The largest absolute Gasteiger partial charge is 0.495 e. The standard InChI is InChI=1S/C19H22N8OS/c1-28-15-12-29-19-17(15)18(20-13-4-2-3-5-14(13)21-19)27-10-8-26(9-11-27)7-6-16-22-24-25-23-16/h2-5,12,21H,6-11H2,1H3,(H,22,23,24,25). The lowest BCUT2D eigenvalue weighted by molar-refractivity contribution is 0.183. The summed E-state index contributed by atoms with van der Waals surface area (Å²) in [5.41, 5.74) is 3.02. The van der Waals surface area contributed by atoms with Gasteiger partial charge in [-0.15, -0.1) is 21.5 Å². The van der Waals surface area contributed by atoms with Crippen molar-refractivity contribution in [3.8, 4) is 5.75 Å². The second kappa shape index (κ2) is 7.80. The quantitative estimate of drug-likeness (QED) is 0.681. The number of ether oxygens (including phenoxy) is 1. The number of hydrogen-bond acceptors (Lipinski definition) is 9. The third-order valence-electron chi connectivity index (χ3n) is 5.29. The SMILES string of the molecule is COc1csc2c1C(N1CCN(CCc3nn[nH]n3)CC1)=Nc1ccccc1N2. The summed E-state index contributed by atoms with van der Waals surface area (Å²) >= 11 is 1.65. The Labute approximate surface area is 172 Å². The van der Waals surface area contributed by atoms with Gasteiger partial charge in [-0.3, -0.25) is 4.90 Å². The molecule has 4 heterocycles. The van der Waals surface area contributed by atoms with Crippen LogP contribution >= 0.6 is 11.3 Å². The van der Waals surface area contributed by atoms with Crippen LogP contribution in [-0.4, -0.2) is 76.1 Å². The molecular weight excluding hydrogens is 388 g/mol. The van der Waals surface area contributed by atoms with Gasteiger partial charge in [0.1, 0.15) is 16.6 Å². The Kier molecular flexibility index (Phi) is 4.86. The number of amidine groups is 1. The van der Waals surface area contributed by atoms with Gasteiger partial charge >= 0.3 is 0 Å².